The lowest BCUT2D eigenvalue weighted by molar-refractivity contribution is 0.402. The van der Waals surface area contributed by atoms with Crippen molar-refractivity contribution in [1.29, 1.82) is 5.26 Å². The Hall–Kier alpha value is -1.33. The Morgan fingerprint density at radius 3 is 2.94 bits per heavy atom. The summed E-state index contributed by atoms with van der Waals surface area (Å²) in [7, 11) is 0. The smallest absolute Gasteiger partial charge is 0.0697 e. The Morgan fingerprint density at radius 1 is 1.47 bits per heavy atom. The minimum atomic E-state index is -0.285. The van der Waals surface area contributed by atoms with Crippen molar-refractivity contribution in [2.45, 2.75) is 39.7 Å². The minimum Gasteiger partial charge on any atom is -0.308 e. The first kappa shape index (κ1) is 12.1. The van der Waals surface area contributed by atoms with Gasteiger partial charge in [-0.3, -0.25) is 0 Å². The van der Waals surface area contributed by atoms with Crippen LogP contribution in [-0.4, -0.2) is 6.54 Å². The van der Waals surface area contributed by atoms with E-state index in [0.29, 0.717) is 6.04 Å². The first-order valence-corrected chi connectivity index (χ1v) is 6.26. The van der Waals surface area contributed by atoms with Gasteiger partial charge in [0.05, 0.1) is 11.5 Å². The van der Waals surface area contributed by atoms with Crippen molar-refractivity contribution >= 4 is 0 Å². The van der Waals surface area contributed by atoms with E-state index in [1.165, 1.54) is 16.7 Å². The van der Waals surface area contributed by atoms with Gasteiger partial charge in [0.1, 0.15) is 0 Å². The highest BCUT2D eigenvalue weighted by molar-refractivity contribution is 5.37. The second-order valence-electron chi connectivity index (χ2n) is 5.67. The molecule has 0 heterocycles. The summed E-state index contributed by atoms with van der Waals surface area (Å²) in [5.74, 6) is 0. The molecule has 90 valence electrons. The first-order valence-electron chi connectivity index (χ1n) is 6.26. The standard InChI is InChI=1S/C15H20N2/c1-11-4-5-12-6-7-14(13(12)8-11)17-10-15(2,3)9-16/h4-5,8,14,17H,6-7,10H2,1-3H3. The molecule has 1 aromatic carbocycles. The largest absolute Gasteiger partial charge is 0.308 e. The predicted molar refractivity (Wildman–Crippen MR) is 69.6 cm³/mol. The average Bonchev–Trinajstić information content (AvgIpc) is 2.69. The first-order chi connectivity index (χ1) is 8.02. The molecule has 0 amide bonds. The maximum atomic E-state index is 9.02. The van der Waals surface area contributed by atoms with Gasteiger partial charge in [-0.05, 0) is 44.7 Å². The monoisotopic (exact) mass is 228 g/mol. The quantitative estimate of drug-likeness (QED) is 0.862. The van der Waals surface area contributed by atoms with Gasteiger partial charge in [0.15, 0.2) is 0 Å². The molecule has 1 aliphatic rings. The van der Waals surface area contributed by atoms with Gasteiger partial charge in [-0.25, -0.2) is 0 Å². The van der Waals surface area contributed by atoms with E-state index in [0.717, 1.165) is 19.4 Å². The minimum absolute atomic E-state index is 0.285. The summed E-state index contributed by atoms with van der Waals surface area (Å²) in [6.07, 6.45) is 2.31. The van der Waals surface area contributed by atoms with Gasteiger partial charge in [0.25, 0.3) is 0 Å². The van der Waals surface area contributed by atoms with Gasteiger partial charge >= 0.3 is 0 Å². The molecule has 1 unspecified atom stereocenters. The third-order valence-corrected chi connectivity index (χ3v) is 3.47. The molecule has 2 rings (SSSR count). The molecule has 2 nitrogen and oxygen atoms in total. The molecule has 2 heteroatoms. The Labute approximate surface area is 104 Å². The second kappa shape index (κ2) is 4.50. The van der Waals surface area contributed by atoms with E-state index in [9.17, 15) is 0 Å². The summed E-state index contributed by atoms with van der Waals surface area (Å²) in [4.78, 5) is 0. The Balaban J connectivity index is 2.08. The molecule has 0 saturated heterocycles. The summed E-state index contributed by atoms with van der Waals surface area (Å²) >= 11 is 0. The molecule has 1 aromatic rings. The van der Waals surface area contributed by atoms with Gasteiger partial charge in [0, 0.05) is 12.6 Å². The highest BCUT2D eigenvalue weighted by Crippen LogP contribution is 2.32. The van der Waals surface area contributed by atoms with Crippen LogP contribution in [0.15, 0.2) is 18.2 Å². The summed E-state index contributed by atoms with van der Waals surface area (Å²) in [5, 5.41) is 12.6. The number of rotatable bonds is 3. The number of nitrogens with one attached hydrogen (secondary N) is 1. The Kier molecular flexibility index (Phi) is 3.22. The number of aryl methyl sites for hydroxylation is 2. The lowest BCUT2D eigenvalue weighted by Crippen LogP contribution is -2.30. The van der Waals surface area contributed by atoms with Crippen LogP contribution in [0.4, 0.5) is 0 Å². The topological polar surface area (TPSA) is 35.8 Å². The van der Waals surface area contributed by atoms with Gasteiger partial charge < -0.3 is 5.32 Å². The zero-order valence-electron chi connectivity index (χ0n) is 10.9. The molecule has 0 radical (unpaired) electrons. The molecule has 0 saturated carbocycles. The molecule has 1 N–H and O–H groups in total. The lowest BCUT2D eigenvalue weighted by atomic mass is 9.95. The fourth-order valence-electron chi connectivity index (χ4n) is 2.35. The van der Waals surface area contributed by atoms with E-state index in [-0.39, 0.29) is 5.41 Å². The van der Waals surface area contributed by atoms with E-state index in [4.69, 9.17) is 5.26 Å². The molecule has 0 bridgehead atoms. The maximum Gasteiger partial charge on any atom is 0.0697 e. The van der Waals surface area contributed by atoms with E-state index in [1.54, 1.807) is 0 Å². The van der Waals surface area contributed by atoms with Crippen LogP contribution in [0.3, 0.4) is 0 Å². The van der Waals surface area contributed by atoms with Gasteiger partial charge in [-0.15, -0.1) is 0 Å². The molecular weight excluding hydrogens is 208 g/mol. The van der Waals surface area contributed by atoms with Crippen LogP contribution >= 0.6 is 0 Å². The molecule has 0 aromatic heterocycles. The summed E-state index contributed by atoms with van der Waals surface area (Å²) in [6.45, 7) is 6.84. The molecule has 0 fully saturated rings. The zero-order chi connectivity index (χ0) is 12.5. The molecule has 1 atom stereocenters. The summed E-state index contributed by atoms with van der Waals surface area (Å²) < 4.78 is 0. The third-order valence-electron chi connectivity index (χ3n) is 3.47. The number of hydrogen-bond acceptors (Lipinski definition) is 2. The van der Waals surface area contributed by atoms with E-state index >= 15 is 0 Å². The highest BCUT2D eigenvalue weighted by atomic mass is 14.9. The average molecular weight is 228 g/mol. The number of hydrogen-bond donors (Lipinski definition) is 1. The van der Waals surface area contributed by atoms with Crippen molar-refractivity contribution < 1.29 is 0 Å². The van der Waals surface area contributed by atoms with Gasteiger partial charge in [-0.2, -0.15) is 5.26 Å². The van der Waals surface area contributed by atoms with Crippen LogP contribution in [0.2, 0.25) is 0 Å². The van der Waals surface area contributed by atoms with Crippen molar-refractivity contribution in [3.05, 3.63) is 34.9 Å². The van der Waals surface area contributed by atoms with E-state index < -0.39 is 0 Å². The SMILES string of the molecule is Cc1ccc2c(c1)C(NCC(C)(C)C#N)CC2. The van der Waals surface area contributed by atoms with E-state index in [2.05, 4.69) is 36.5 Å². The second-order valence-corrected chi connectivity index (χ2v) is 5.67. The van der Waals surface area contributed by atoms with Gasteiger partial charge in [0.2, 0.25) is 0 Å². The highest BCUT2D eigenvalue weighted by Gasteiger charge is 2.25. The zero-order valence-corrected chi connectivity index (χ0v) is 10.9. The number of nitriles is 1. The number of fused-ring (bicyclic) bond motifs is 1. The number of nitrogens with zero attached hydrogens (tertiary/aromatic N) is 1. The third kappa shape index (κ3) is 2.68. The van der Waals surface area contributed by atoms with Crippen LogP contribution in [0.1, 0.15) is 43.0 Å². The van der Waals surface area contributed by atoms with Crippen molar-refractivity contribution in [2.75, 3.05) is 6.54 Å². The molecule has 0 spiro atoms. The lowest BCUT2D eigenvalue weighted by Gasteiger charge is -2.21. The van der Waals surface area contributed by atoms with Gasteiger partial charge in [-0.1, -0.05) is 23.8 Å². The summed E-state index contributed by atoms with van der Waals surface area (Å²) in [6, 6.07) is 9.46. The molecular formula is C15H20N2. The Morgan fingerprint density at radius 2 is 2.24 bits per heavy atom. The maximum absolute atomic E-state index is 9.02. The van der Waals surface area contributed by atoms with Crippen LogP contribution in [0.5, 0.6) is 0 Å². The van der Waals surface area contributed by atoms with Crippen molar-refractivity contribution in [2.24, 2.45) is 5.41 Å². The summed E-state index contributed by atoms with van der Waals surface area (Å²) in [5.41, 5.74) is 3.92. The normalized spacial score (nSPS) is 18.8. The van der Waals surface area contributed by atoms with Crippen molar-refractivity contribution in [3.63, 3.8) is 0 Å². The van der Waals surface area contributed by atoms with Crippen LogP contribution in [0.25, 0.3) is 0 Å². The van der Waals surface area contributed by atoms with Crippen LogP contribution in [-0.2, 0) is 6.42 Å². The molecule has 0 aliphatic heterocycles. The fourth-order valence-corrected chi connectivity index (χ4v) is 2.35. The Bertz CT molecular complexity index is 454. The molecule has 1 aliphatic carbocycles. The van der Waals surface area contributed by atoms with E-state index in [1.807, 2.05) is 13.8 Å². The number of benzene rings is 1. The fraction of sp³-hybridized carbons (Fsp3) is 0.533. The van der Waals surface area contributed by atoms with Crippen LogP contribution < -0.4 is 5.32 Å². The van der Waals surface area contributed by atoms with Crippen molar-refractivity contribution in [3.8, 4) is 6.07 Å². The molecule has 17 heavy (non-hydrogen) atoms. The van der Waals surface area contributed by atoms with Crippen molar-refractivity contribution in [1.82, 2.24) is 5.32 Å². The predicted octanol–water partition coefficient (Wildman–Crippen LogP) is 3.12. The van der Waals surface area contributed by atoms with Crippen LogP contribution in [0, 0.1) is 23.7 Å².